The second-order valence-electron chi connectivity index (χ2n) is 17.9. The lowest BCUT2D eigenvalue weighted by molar-refractivity contribution is -0.142. The highest BCUT2D eigenvalue weighted by molar-refractivity contribution is 6.35. The van der Waals surface area contributed by atoms with Crippen molar-refractivity contribution in [1.82, 2.24) is 24.8 Å². The van der Waals surface area contributed by atoms with E-state index in [4.69, 9.17) is 30.8 Å². The van der Waals surface area contributed by atoms with Crippen LogP contribution in [0.15, 0.2) is 36.4 Å². The molecule has 0 saturated carbocycles. The molecule has 0 radical (unpaired) electrons. The predicted molar refractivity (Wildman–Crippen MR) is 212 cm³/mol. The number of aliphatic hydroxyl groups excluding tert-OH is 1. The molecule has 1 N–H and O–H groups in total. The van der Waals surface area contributed by atoms with E-state index in [1.54, 1.807) is 58.6 Å². The molecule has 0 spiro atoms. The lowest BCUT2D eigenvalue weighted by Gasteiger charge is -2.47. The van der Waals surface area contributed by atoms with Gasteiger partial charge >= 0.3 is 18.1 Å². The standard InChI is InChI=1S/C42H49ClF2N6O6/c1-40(2,3)37(53)56-26-16-23-10-7-8-11-27(23)28(17-26)33-32(45)34-31(35(43)46-33)36(48-38(47-34)55-22-42-14-9-15-49(42)19-24(44)18-42)50-20-25-12-13-29(30(50)21-52)51(25)39(54)57-41(4,5)6/h7-8,10-11,16-17,24-25,29-30,52H,9,12-15,18-22H2,1-6H3/t24-,25+,29-,30-,42+/m1/s1. The number of carbonyl (C=O) groups is 2. The van der Waals surface area contributed by atoms with Gasteiger partial charge in [0.05, 0.1) is 41.1 Å². The summed E-state index contributed by atoms with van der Waals surface area (Å²) in [5.41, 5.74) is -2.02. The zero-order valence-corrected chi connectivity index (χ0v) is 33.9. The van der Waals surface area contributed by atoms with E-state index in [2.05, 4.69) is 14.9 Å². The zero-order valence-electron chi connectivity index (χ0n) is 33.2. The Morgan fingerprint density at radius 3 is 2.56 bits per heavy atom. The number of aliphatic hydroxyl groups is 1. The van der Waals surface area contributed by atoms with Crippen LogP contribution in [0.2, 0.25) is 5.15 Å². The van der Waals surface area contributed by atoms with Crippen molar-refractivity contribution in [2.75, 3.05) is 37.7 Å². The van der Waals surface area contributed by atoms with E-state index in [1.165, 1.54) is 0 Å². The number of alkyl halides is 1. The number of halogens is 3. The van der Waals surface area contributed by atoms with Gasteiger partial charge in [-0.05, 0) is 96.7 Å². The summed E-state index contributed by atoms with van der Waals surface area (Å²) in [6, 6.07) is 9.04. The van der Waals surface area contributed by atoms with Gasteiger partial charge in [0, 0.05) is 25.1 Å². The van der Waals surface area contributed by atoms with Gasteiger partial charge in [0.25, 0.3) is 0 Å². The number of rotatable bonds is 7. The Labute approximate surface area is 335 Å². The van der Waals surface area contributed by atoms with Crippen molar-refractivity contribution < 1.29 is 37.7 Å². The molecule has 0 unspecified atom stereocenters. The molecule has 4 aromatic rings. The van der Waals surface area contributed by atoms with Gasteiger partial charge in [0.2, 0.25) is 0 Å². The SMILES string of the molecule is CC(C)(C)OC(=O)N1[C@H]2CC[C@@H]1[C@@H](CO)N(c1nc(OC[C@@]34CCCN3C[C@H](F)C4)nc3c(F)c(-c4cc(OC(=O)C(C)(C)C)cc5ccccc45)nc(Cl)c13)C2. The van der Waals surface area contributed by atoms with E-state index in [-0.39, 0.29) is 65.1 Å². The van der Waals surface area contributed by atoms with Crippen LogP contribution in [0.5, 0.6) is 11.8 Å². The quantitative estimate of drug-likeness (QED) is 0.113. The molecule has 57 heavy (non-hydrogen) atoms. The third-order valence-corrected chi connectivity index (χ3v) is 12.0. The normalized spacial score (nSPS) is 25.0. The summed E-state index contributed by atoms with van der Waals surface area (Å²) in [7, 11) is 0. The molecular formula is C42H49ClF2N6O6. The Kier molecular flexibility index (Phi) is 10.00. The largest absolute Gasteiger partial charge is 0.461 e. The van der Waals surface area contributed by atoms with Crippen LogP contribution >= 0.6 is 11.6 Å². The number of pyridine rings is 1. The number of ether oxygens (including phenoxy) is 3. The molecule has 2 bridgehead atoms. The van der Waals surface area contributed by atoms with Crippen LogP contribution in [-0.2, 0) is 9.53 Å². The second-order valence-corrected chi connectivity index (χ2v) is 18.3. The van der Waals surface area contributed by atoms with Crippen molar-refractivity contribution in [2.45, 2.75) is 109 Å². The van der Waals surface area contributed by atoms with Gasteiger partial charge in [-0.15, -0.1) is 0 Å². The van der Waals surface area contributed by atoms with E-state index in [0.29, 0.717) is 42.1 Å². The Morgan fingerprint density at radius 2 is 1.82 bits per heavy atom. The lowest BCUT2D eigenvalue weighted by atomic mass is 9.95. The summed E-state index contributed by atoms with van der Waals surface area (Å²) in [6.45, 7) is 11.7. The highest BCUT2D eigenvalue weighted by Crippen LogP contribution is 2.45. The molecule has 4 aliphatic heterocycles. The van der Waals surface area contributed by atoms with Crippen LogP contribution in [-0.4, -0.2) is 110 Å². The number of carbonyl (C=O) groups excluding carboxylic acids is 2. The number of fused-ring (bicyclic) bond motifs is 5. The van der Waals surface area contributed by atoms with Gasteiger partial charge in [0.1, 0.15) is 46.3 Å². The molecule has 8 rings (SSSR count). The van der Waals surface area contributed by atoms with Crippen molar-refractivity contribution in [2.24, 2.45) is 5.41 Å². The Bertz CT molecular complexity index is 2250. The Hall–Kier alpha value is -4.40. The smallest absolute Gasteiger partial charge is 0.410 e. The van der Waals surface area contributed by atoms with E-state index in [0.717, 1.165) is 19.4 Å². The molecule has 4 aliphatic rings. The van der Waals surface area contributed by atoms with Crippen molar-refractivity contribution >= 4 is 51.2 Å². The highest BCUT2D eigenvalue weighted by atomic mass is 35.5. The summed E-state index contributed by atoms with van der Waals surface area (Å²) < 4.78 is 50.1. The first-order valence-electron chi connectivity index (χ1n) is 19.7. The molecule has 2 aromatic heterocycles. The monoisotopic (exact) mass is 806 g/mol. The third kappa shape index (κ3) is 7.22. The predicted octanol–water partition coefficient (Wildman–Crippen LogP) is 7.49. The average molecular weight is 807 g/mol. The minimum absolute atomic E-state index is 0.0958. The van der Waals surface area contributed by atoms with Crippen LogP contribution in [0.3, 0.4) is 0 Å². The van der Waals surface area contributed by atoms with Crippen LogP contribution in [0.1, 0.15) is 73.6 Å². The number of hydrogen-bond acceptors (Lipinski definition) is 11. The van der Waals surface area contributed by atoms with E-state index in [9.17, 15) is 19.1 Å². The molecular weight excluding hydrogens is 758 g/mol. The minimum atomic E-state index is -0.984. The molecule has 6 heterocycles. The third-order valence-electron chi connectivity index (χ3n) is 11.7. The number of piperazine rings is 1. The maximum atomic E-state index is 17.5. The first-order chi connectivity index (χ1) is 27.0. The van der Waals surface area contributed by atoms with Gasteiger partial charge < -0.3 is 24.2 Å². The number of aromatic nitrogens is 3. The van der Waals surface area contributed by atoms with Crippen molar-refractivity contribution in [3.05, 3.63) is 47.4 Å². The average Bonchev–Trinajstić information content (AvgIpc) is 3.78. The van der Waals surface area contributed by atoms with E-state index < -0.39 is 52.7 Å². The number of hydrogen-bond donors (Lipinski definition) is 1. The lowest BCUT2D eigenvalue weighted by Crippen LogP contribution is -2.63. The molecule has 15 heteroatoms. The molecule has 5 atom stereocenters. The zero-order chi connectivity index (χ0) is 40.6. The second kappa shape index (κ2) is 14.5. The van der Waals surface area contributed by atoms with Gasteiger partial charge in [-0.25, -0.2) is 18.6 Å². The molecule has 4 fully saturated rings. The van der Waals surface area contributed by atoms with Gasteiger partial charge in [0.15, 0.2) is 5.82 Å². The number of amides is 1. The van der Waals surface area contributed by atoms with Gasteiger partial charge in [-0.3, -0.25) is 14.6 Å². The van der Waals surface area contributed by atoms with E-state index >= 15 is 4.39 Å². The summed E-state index contributed by atoms with van der Waals surface area (Å²) in [6.07, 6.45) is 1.77. The number of nitrogens with zero attached hydrogens (tertiary/aromatic N) is 6. The Morgan fingerprint density at radius 1 is 1.05 bits per heavy atom. The fourth-order valence-corrected chi connectivity index (χ4v) is 9.35. The topological polar surface area (TPSA) is 130 Å². The maximum absolute atomic E-state index is 17.5. The Balaban J connectivity index is 1.27. The van der Waals surface area contributed by atoms with Crippen molar-refractivity contribution in [1.29, 1.82) is 0 Å². The van der Waals surface area contributed by atoms with Crippen LogP contribution in [0.4, 0.5) is 19.4 Å². The number of esters is 1. The highest BCUT2D eigenvalue weighted by Gasteiger charge is 2.51. The van der Waals surface area contributed by atoms with Crippen LogP contribution in [0, 0.1) is 11.2 Å². The molecule has 0 aliphatic carbocycles. The molecule has 4 saturated heterocycles. The molecule has 1 amide bonds. The van der Waals surface area contributed by atoms with Crippen molar-refractivity contribution in [3.63, 3.8) is 0 Å². The number of anilines is 1. The number of benzene rings is 2. The van der Waals surface area contributed by atoms with Gasteiger partial charge in [-0.2, -0.15) is 9.97 Å². The summed E-state index contributed by atoms with van der Waals surface area (Å²) in [4.78, 5) is 46.2. The van der Waals surface area contributed by atoms with Crippen LogP contribution < -0.4 is 14.4 Å². The van der Waals surface area contributed by atoms with Crippen molar-refractivity contribution in [3.8, 4) is 23.0 Å². The first-order valence-corrected chi connectivity index (χ1v) is 20.1. The molecule has 304 valence electrons. The maximum Gasteiger partial charge on any atom is 0.410 e. The fourth-order valence-electron chi connectivity index (χ4n) is 9.09. The van der Waals surface area contributed by atoms with E-state index in [1.807, 2.05) is 29.2 Å². The first kappa shape index (κ1) is 39.4. The van der Waals surface area contributed by atoms with Gasteiger partial charge in [-0.1, -0.05) is 35.9 Å². The van der Waals surface area contributed by atoms with Crippen LogP contribution in [0.25, 0.3) is 32.9 Å². The minimum Gasteiger partial charge on any atom is -0.461 e. The fraction of sp³-hybridized carbons (Fsp3) is 0.548. The summed E-state index contributed by atoms with van der Waals surface area (Å²) >= 11 is 7.09. The summed E-state index contributed by atoms with van der Waals surface area (Å²) in [5.74, 6) is -0.867. The molecule has 2 aromatic carbocycles. The summed E-state index contributed by atoms with van der Waals surface area (Å²) in [5, 5.41) is 12.3. The molecule has 12 nitrogen and oxygen atoms in total.